The van der Waals surface area contributed by atoms with Crippen molar-refractivity contribution in [1.82, 2.24) is 9.80 Å². The molecule has 0 N–H and O–H groups in total. The number of hydrogen-bond donors (Lipinski definition) is 0. The molecule has 7 heteroatoms. The van der Waals surface area contributed by atoms with E-state index < -0.39 is 18.8 Å². The molecule has 1 saturated heterocycles. The second-order valence-corrected chi connectivity index (χ2v) is 3.35. The predicted molar refractivity (Wildman–Crippen MR) is 46.5 cm³/mol. The fraction of sp³-hybridized carbons (Fsp3) is 0.875. The van der Waals surface area contributed by atoms with Gasteiger partial charge in [-0.1, -0.05) is 0 Å². The van der Waals surface area contributed by atoms with Crippen molar-refractivity contribution in [2.45, 2.75) is 6.18 Å². The Morgan fingerprint density at radius 1 is 1.27 bits per heavy atom. The Bertz CT molecular complexity index is 224. The van der Waals surface area contributed by atoms with E-state index in [1.165, 1.54) is 16.9 Å². The van der Waals surface area contributed by atoms with Gasteiger partial charge in [0.05, 0.1) is 13.7 Å². The molecule has 0 bridgehead atoms. The van der Waals surface area contributed by atoms with Crippen LogP contribution >= 0.6 is 0 Å². The lowest BCUT2D eigenvalue weighted by atomic mass is 10.3. The Labute approximate surface area is 85.6 Å². The molecule has 0 unspecified atom stereocenters. The van der Waals surface area contributed by atoms with Gasteiger partial charge in [-0.05, 0) is 0 Å². The quantitative estimate of drug-likeness (QED) is 0.667. The maximum absolute atomic E-state index is 12.0. The SMILES string of the molecule is COC(=O)N1CCN(CC(F)(F)F)CC1. The van der Waals surface area contributed by atoms with E-state index in [0.29, 0.717) is 0 Å². The standard InChI is InChI=1S/C8H13F3N2O2/c1-15-7(14)13-4-2-12(3-5-13)6-8(9,10)11/h2-6H2,1H3. The zero-order valence-corrected chi connectivity index (χ0v) is 8.38. The molecule has 1 aliphatic heterocycles. The van der Waals surface area contributed by atoms with Gasteiger partial charge in [-0.25, -0.2) is 4.79 Å². The molecular formula is C8H13F3N2O2. The van der Waals surface area contributed by atoms with Gasteiger partial charge in [-0.3, -0.25) is 4.90 Å². The number of carbonyl (C=O) groups is 1. The summed E-state index contributed by atoms with van der Waals surface area (Å²) in [5, 5.41) is 0. The highest BCUT2D eigenvalue weighted by molar-refractivity contribution is 5.67. The average molecular weight is 226 g/mol. The third-order valence-corrected chi connectivity index (χ3v) is 2.21. The van der Waals surface area contributed by atoms with Crippen molar-refractivity contribution in [3.05, 3.63) is 0 Å². The molecule has 1 amide bonds. The largest absolute Gasteiger partial charge is 0.453 e. The second-order valence-electron chi connectivity index (χ2n) is 3.35. The van der Waals surface area contributed by atoms with Crippen LogP contribution in [0, 0.1) is 0 Å². The van der Waals surface area contributed by atoms with Crippen molar-refractivity contribution < 1.29 is 22.7 Å². The lowest BCUT2D eigenvalue weighted by molar-refractivity contribution is -0.148. The molecule has 0 aromatic heterocycles. The number of methoxy groups -OCH3 is 1. The van der Waals surface area contributed by atoms with Crippen LogP contribution in [0.25, 0.3) is 0 Å². The van der Waals surface area contributed by atoms with Crippen LogP contribution in [0.3, 0.4) is 0 Å². The lowest BCUT2D eigenvalue weighted by Gasteiger charge is -2.33. The van der Waals surface area contributed by atoms with E-state index in [1.807, 2.05) is 0 Å². The maximum atomic E-state index is 12.0. The molecule has 4 nitrogen and oxygen atoms in total. The van der Waals surface area contributed by atoms with Crippen LogP contribution in [-0.2, 0) is 4.74 Å². The van der Waals surface area contributed by atoms with E-state index in [4.69, 9.17) is 0 Å². The van der Waals surface area contributed by atoms with Crippen LogP contribution in [0.5, 0.6) is 0 Å². The van der Waals surface area contributed by atoms with E-state index >= 15 is 0 Å². The Kier molecular flexibility index (Phi) is 3.78. The molecule has 1 heterocycles. The minimum atomic E-state index is -4.17. The van der Waals surface area contributed by atoms with Gasteiger partial charge in [0, 0.05) is 26.2 Å². The summed E-state index contributed by atoms with van der Waals surface area (Å²) in [4.78, 5) is 13.7. The first-order valence-corrected chi connectivity index (χ1v) is 4.54. The lowest BCUT2D eigenvalue weighted by Crippen LogP contribution is -2.50. The summed E-state index contributed by atoms with van der Waals surface area (Å²) in [5.41, 5.74) is 0. The number of amides is 1. The minimum absolute atomic E-state index is 0.231. The zero-order valence-electron chi connectivity index (χ0n) is 8.38. The minimum Gasteiger partial charge on any atom is -0.453 e. The highest BCUT2D eigenvalue weighted by atomic mass is 19.4. The molecule has 0 aliphatic carbocycles. The molecule has 0 saturated carbocycles. The van der Waals surface area contributed by atoms with Gasteiger partial charge in [0.25, 0.3) is 0 Å². The van der Waals surface area contributed by atoms with Gasteiger partial charge in [0.1, 0.15) is 0 Å². The second kappa shape index (κ2) is 4.69. The Balaban J connectivity index is 2.33. The Morgan fingerprint density at radius 3 is 2.20 bits per heavy atom. The number of piperazine rings is 1. The molecule has 0 radical (unpaired) electrons. The van der Waals surface area contributed by atoms with Gasteiger partial charge in [-0.15, -0.1) is 0 Å². The van der Waals surface area contributed by atoms with Crippen molar-refractivity contribution in [2.24, 2.45) is 0 Å². The fourth-order valence-electron chi connectivity index (χ4n) is 1.47. The molecule has 0 aromatic carbocycles. The van der Waals surface area contributed by atoms with Crippen LogP contribution in [-0.4, -0.2) is 61.9 Å². The topological polar surface area (TPSA) is 32.8 Å². The molecule has 0 spiro atoms. The number of nitrogens with zero attached hydrogens (tertiary/aromatic N) is 2. The van der Waals surface area contributed by atoms with E-state index in [-0.39, 0.29) is 26.2 Å². The highest BCUT2D eigenvalue weighted by Gasteiger charge is 2.32. The summed E-state index contributed by atoms with van der Waals surface area (Å²) < 4.78 is 40.5. The van der Waals surface area contributed by atoms with E-state index in [2.05, 4.69) is 4.74 Å². The van der Waals surface area contributed by atoms with Crippen molar-refractivity contribution >= 4 is 6.09 Å². The molecular weight excluding hydrogens is 213 g/mol. The van der Waals surface area contributed by atoms with E-state index in [0.717, 1.165) is 0 Å². The molecule has 0 aromatic rings. The molecule has 88 valence electrons. The van der Waals surface area contributed by atoms with Gasteiger partial charge in [0.2, 0.25) is 0 Å². The van der Waals surface area contributed by atoms with Crippen LogP contribution in [0.2, 0.25) is 0 Å². The predicted octanol–water partition coefficient (Wildman–Crippen LogP) is 0.933. The van der Waals surface area contributed by atoms with Crippen molar-refractivity contribution in [2.75, 3.05) is 39.8 Å². The molecule has 0 atom stereocenters. The number of rotatable bonds is 1. The van der Waals surface area contributed by atoms with E-state index in [9.17, 15) is 18.0 Å². The summed E-state index contributed by atoms with van der Waals surface area (Å²) in [6, 6.07) is 0. The third kappa shape index (κ3) is 3.94. The zero-order chi connectivity index (χ0) is 11.5. The van der Waals surface area contributed by atoms with E-state index in [1.54, 1.807) is 0 Å². The van der Waals surface area contributed by atoms with Crippen LogP contribution in [0.15, 0.2) is 0 Å². The first-order valence-electron chi connectivity index (χ1n) is 4.54. The maximum Gasteiger partial charge on any atom is 0.409 e. The summed E-state index contributed by atoms with van der Waals surface area (Å²) in [6.45, 7) is 0.108. The summed E-state index contributed by atoms with van der Waals surface area (Å²) in [7, 11) is 1.25. The Hall–Kier alpha value is -0.980. The monoisotopic (exact) mass is 226 g/mol. The summed E-state index contributed by atoms with van der Waals surface area (Å²) >= 11 is 0. The van der Waals surface area contributed by atoms with Crippen molar-refractivity contribution in [3.63, 3.8) is 0 Å². The first-order chi connectivity index (χ1) is 6.92. The normalized spacial score (nSPS) is 19.1. The third-order valence-electron chi connectivity index (χ3n) is 2.21. The van der Waals surface area contributed by atoms with Crippen molar-refractivity contribution in [1.29, 1.82) is 0 Å². The van der Waals surface area contributed by atoms with Gasteiger partial charge < -0.3 is 9.64 Å². The van der Waals surface area contributed by atoms with Gasteiger partial charge in [0.15, 0.2) is 0 Å². The molecule has 1 rings (SSSR count). The fourth-order valence-corrected chi connectivity index (χ4v) is 1.47. The smallest absolute Gasteiger partial charge is 0.409 e. The first kappa shape index (κ1) is 12.1. The Morgan fingerprint density at radius 2 is 1.80 bits per heavy atom. The number of alkyl halides is 3. The molecule has 1 aliphatic rings. The summed E-state index contributed by atoms with van der Waals surface area (Å²) in [5.74, 6) is 0. The van der Waals surface area contributed by atoms with Crippen LogP contribution < -0.4 is 0 Å². The number of halogens is 3. The highest BCUT2D eigenvalue weighted by Crippen LogP contribution is 2.17. The van der Waals surface area contributed by atoms with Crippen molar-refractivity contribution in [3.8, 4) is 0 Å². The number of ether oxygens (including phenoxy) is 1. The van der Waals surface area contributed by atoms with Gasteiger partial charge >= 0.3 is 12.3 Å². The molecule has 1 fully saturated rings. The number of carbonyl (C=O) groups excluding carboxylic acids is 1. The molecule has 15 heavy (non-hydrogen) atoms. The summed E-state index contributed by atoms with van der Waals surface area (Å²) in [6.07, 6.45) is -4.66. The number of hydrogen-bond acceptors (Lipinski definition) is 3. The van der Waals surface area contributed by atoms with Crippen LogP contribution in [0.1, 0.15) is 0 Å². The average Bonchev–Trinajstić information content (AvgIpc) is 2.15. The van der Waals surface area contributed by atoms with Gasteiger partial charge in [-0.2, -0.15) is 13.2 Å². The van der Waals surface area contributed by atoms with Crippen LogP contribution in [0.4, 0.5) is 18.0 Å².